The summed E-state index contributed by atoms with van der Waals surface area (Å²) < 4.78 is 19.2. The van der Waals surface area contributed by atoms with Crippen molar-refractivity contribution in [3.8, 4) is 11.3 Å². The van der Waals surface area contributed by atoms with Crippen molar-refractivity contribution in [3.63, 3.8) is 0 Å². The van der Waals surface area contributed by atoms with Crippen molar-refractivity contribution in [1.29, 1.82) is 0 Å². The van der Waals surface area contributed by atoms with E-state index in [1.54, 1.807) is 12.1 Å². The Morgan fingerprint density at radius 3 is 2.90 bits per heavy atom. The van der Waals surface area contributed by atoms with Crippen LogP contribution in [-0.4, -0.2) is 17.1 Å². The fourth-order valence-electron chi connectivity index (χ4n) is 6.13. The molecule has 3 nitrogen and oxygen atoms in total. The van der Waals surface area contributed by atoms with Crippen LogP contribution in [0.4, 0.5) is 4.39 Å². The van der Waals surface area contributed by atoms with Crippen molar-refractivity contribution in [3.05, 3.63) is 54.0 Å². The molecule has 0 bridgehead atoms. The van der Waals surface area contributed by atoms with Crippen molar-refractivity contribution in [2.75, 3.05) is 0 Å². The van der Waals surface area contributed by atoms with E-state index in [1.165, 1.54) is 31.7 Å². The Bertz CT molecular complexity index is 932. The number of fused-ring (bicyclic) bond motifs is 2. The molecule has 2 aliphatic carbocycles. The molecule has 1 unspecified atom stereocenters. The average Bonchev–Trinajstić information content (AvgIpc) is 3.30. The molecule has 2 saturated carbocycles. The highest BCUT2D eigenvalue weighted by Crippen LogP contribution is 2.53. The van der Waals surface area contributed by atoms with Crippen LogP contribution in [0.2, 0.25) is 0 Å². The first-order chi connectivity index (χ1) is 14.1. The van der Waals surface area contributed by atoms with Crippen LogP contribution >= 0.6 is 0 Å². The number of hydrogen-bond donors (Lipinski definition) is 1. The van der Waals surface area contributed by atoms with Gasteiger partial charge in [-0.05, 0) is 67.9 Å². The van der Waals surface area contributed by atoms with E-state index in [9.17, 15) is 9.18 Å². The van der Waals surface area contributed by atoms with Gasteiger partial charge in [0, 0.05) is 22.9 Å². The molecule has 5 rings (SSSR count). The minimum Gasteiger partial charge on any atom is -0.462 e. The highest BCUT2D eigenvalue weighted by Gasteiger charge is 2.53. The van der Waals surface area contributed by atoms with Crippen LogP contribution in [0.15, 0.2) is 42.5 Å². The Hall–Kier alpha value is -2.36. The Morgan fingerprint density at radius 2 is 2.03 bits per heavy atom. The van der Waals surface area contributed by atoms with Gasteiger partial charge in [0.1, 0.15) is 11.9 Å². The van der Waals surface area contributed by atoms with E-state index < -0.39 is 0 Å². The van der Waals surface area contributed by atoms with Gasteiger partial charge in [-0.2, -0.15) is 0 Å². The molecule has 3 fully saturated rings. The maximum Gasteiger partial charge on any atom is 0.309 e. The Morgan fingerprint density at radius 1 is 1.17 bits per heavy atom. The first-order valence-electron chi connectivity index (χ1n) is 10.9. The summed E-state index contributed by atoms with van der Waals surface area (Å²) >= 11 is 0. The highest BCUT2D eigenvalue weighted by atomic mass is 19.1. The molecule has 29 heavy (non-hydrogen) atoms. The van der Waals surface area contributed by atoms with Gasteiger partial charge in [-0.25, -0.2) is 4.39 Å². The molecule has 1 aliphatic heterocycles. The van der Waals surface area contributed by atoms with Crippen molar-refractivity contribution in [2.45, 2.75) is 45.1 Å². The number of aromatic nitrogens is 1. The number of allylic oxidation sites excluding steroid dienone is 1. The van der Waals surface area contributed by atoms with Crippen molar-refractivity contribution >= 4 is 12.0 Å². The van der Waals surface area contributed by atoms with Gasteiger partial charge in [-0.3, -0.25) is 4.79 Å². The second-order valence-electron chi connectivity index (χ2n) is 9.04. The number of H-pyrrole nitrogens is 1. The van der Waals surface area contributed by atoms with Gasteiger partial charge in [0.05, 0.1) is 5.92 Å². The predicted molar refractivity (Wildman–Crippen MR) is 111 cm³/mol. The third kappa shape index (κ3) is 3.43. The summed E-state index contributed by atoms with van der Waals surface area (Å²) in [6.45, 7) is 2.06. The summed E-state index contributed by atoms with van der Waals surface area (Å²) in [6, 6.07) is 10.7. The largest absolute Gasteiger partial charge is 0.462 e. The van der Waals surface area contributed by atoms with Gasteiger partial charge in [0.15, 0.2) is 0 Å². The maximum atomic E-state index is 13.5. The second-order valence-corrected chi connectivity index (χ2v) is 9.04. The van der Waals surface area contributed by atoms with Crippen LogP contribution in [0.3, 0.4) is 0 Å². The molecule has 2 aromatic rings. The number of carbonyl (C=O) groups excluding carboxylic acids is 1. The third-order valence-corrected chi connectivity index (χ3v) is 7.42. The number of benzene rings is 1. The molecule has 6 atom stereocenters. The van der Waals surface area contributed by atoms with Gasteiger partial charge >= 0.3 is 5.97 Å². The van der Waals surface area contributed by atoms with Gasteiger partial charge in [-0.1, -0.05) is 37.5 Å². The number of esters is 1. The minimum atomic E-state index is -0.231. The van der Waals surface area contributed by atoms with Gasteiger partial charge in [0.2, 0.25) is 0 Å². The van der Waals surface area contributed by atoms with Crippen LogP contribution in [0.1, 0.15) is 44.7 Å². The molecule has 1 aromatic carbocycles. The number of ether oxygens (including phenoxy) is 1. The third-order valence-electron chi connectivity index (χ3n) is 7.42. The summed E-state index contributed by atoms with van der Waals surface area (Å²) in [5, 5.41) is 0. The van der Waals surface area contributed by atoms with Crippen LogP contribution in [0.5, 0.6) is 0 Å². The SMILES string of the molecule is C[C@H]1OC(=O)[C@@H]2C[C@@H]3CCCCC3[C@H](/C=C/c3ccc(-c4cccc(F)c4)[nH]3)[C@H]12. The molecule has 2 heterocycles. The van der Waals surface area contributed by atoms with Crippen LogP contribution in [-0.2, 0) is 9.53 Å². The summed E-state index contributed by atoms with van der Waals surface area (Å²) in [5.41, 5.74) is 2.77. The molecule has 3 aliphatic rings. The van der Waals surface area contributed by atoms with Crippen LogP contribution in [0, 0.1) is 35.4 Å². The van der Waals surface area contributed by atoms with E-state index in [0.29, 0.717) is 17.8 Å². The summed E-state index contributed by atoms with van der Waals surface area (Å²) in [4.78, 5) is 15.8. The van der Waals surface area contributed by atoms with Gasteiger partial charge < -0.3 is 9.72 Å². The number of hydrogen-bond acceptors (Lipinski definition) is 2. The molecular formula is C25H28FNO2. The van der Waals surface area contributed by atoms with E-state index in [0.717, 1.165) is 23.4 Å². The van der Waals surface area contributed by atoms with Crippen molar-refractivity contribution in [1.82, 2.24) is 4.98 Å². The minimum absolute atomic E-state index is 0.00322. The highest BCUT2D eigenvalue weighted by molar-refractivity contribution is 5.75. The van der Waals surface area contributed by atoms with Crippen molar-refractivity contribution < 1.29 is 13.9 Å². The van der Waals surface area contributed by atoms with Crippen molar-refractivity contribution in [2.24, 2.45) is 29.6 Å². The Labute approximate surface area is 171 Å². The maximum absolute atomic E-state index is 13.5. The second kappa shape index (κ2) is 7.47. The fourth-order valence-corrected chi connectivity index (χ4v) is 6.13. The van der Waals surface area contributed by atoms with E-state index in [2.05, 4.69) is 24.1 Å². The number of carbonyl (C=O) groups is 1. The number of aromatic amines is 1. The number of rotatable bonds is 3. The van der Waals surface area contributed by atoms with E-state index in [4.69, 9.17) is 4.74 Å². The predicted octanol–water partition coefficient (Wildman–Crippen LogP) is 5.84. The van der Waals surface area contributed by atoms with E-state index >= 15 is 0 Å². The smallest absolute Gasteiger partial charge is 0.309 e. The molecule has 1 N–H and O–H groups in total. The number of cyclic esters (lactones) is 1. The molecule has 0 amide bonds. The monoisotopic (exact) mass is 393 g/mol. The number of halogens is 1. The van der Waals surface area contributed by atoms with Gasteiger partial charge in [-0.15, -0.1) is 0 Å². The lowest BCUT2D eigenvalue weighted by Crippen LogP contribution is -2.42. The molecule has 152 valence electrons. The molecular weight excluding hydrogens is 365 g/mol. The molecule has 4 heteroatoms. The lowest BCUT2D eigenvalue weighted by molar-refractivity contribution is -0.144. The zero-order chi connectivity index (χ0) is 20.0. The standard InChI is InChI=1S/C25H28FNO2/c1-15-24-21(20-8-3-2-5-16(20)14-22(24)25(28)29-15)11-9-19-10-12-23(27-19)17-6-4-7-18(26)13-17/h4,6-7,9-13,15-16,20-22,24,27H,2-3,5,8,14H2,1H3/b11-9+/t15-,16+,20?,21+,22-,24+/m1/s1. The Kier molecular flexibility index (Phi) is 4.81. The zero-order valence-corrected chi connectivity index (χ0v) is 16.8. The Balaban J connectivity index is 1.41. The molecule has 1 saturated heterocycles. The lowest BCUT2D eigenvalue weighted by atomic mass is 9.57. The average molecular weight is 394 g/mol. The number of nitrogens with one attached hydrogen (secondary N) is 1. The molecule has 0 spiro atoms. The summed E-state index contributed by atoms with van der Waals surface area (Å²) in [5.74, 6) is 1.80. The molecule has 1 aromatic heterocycles. The first-order valence-corrected chi connectivity index (χ1v) is 10.9. The lowest BCUT2D eigenvalue weighted by Gasteiger charge is -2.45. The van der Waals surface area contributed by atoms with E-state index in [1.807, 2.05) is 18.2 Å². The van der Waals surface area contributed by atoms with E-state index in [-0.39, 0.29) is 29.7 Å². The summed E-state index contributed by atoms with van der Waals surface area (Å²) in [7, 11) is 0. The quantitative estimate of drug-likeness (QED) is 0.666. The topological polar surface area (TPSA) is 42.1 Å². The zero-order valence-electron chi connectivity index (χ0n) is 16.8. The van der Waals surface area contributed by atoms with Crippen LogP contribution < -0.4 is 0 Å². The normalized spacial score (nSPS) is 34.1. The van der Waals surface area contributed by atoms with Crippen LogP contribution in [0.25, 0.3) is 17.3 Å². The van der Waals surface area contributed by atoms with Gasteiger partial charge in [0.25, 0.3) is 0 Å². The molecule has 0 radical (unpaired) electrons. The summed E-state index contributed by atoms with van der Waals surface area (Å²) in [6.07, 6.45) is 10.5. The first kappa shape index (κ1) is 18.7. The fraction of sp³-hybridized carbons (Fsp3) is 0.480.